The van der Waals surface area contributed by atoms with Crippen molar-refractivity contribution in [2.75, 3.05) is 13.2 Å². The van der Waals surface area contributed by atoms with Crippen LogP contribution in [0.15, 0.2) is 35.2 Å². The molecule has 7 heteroatoms. The molecule has 6 nitrogen and oxygen atoms in total. The molecule has 0 aliphatic rings. The van der Waals surface area contributed by atoms with Gasteiger partial charge in [0.25, 0.3) is 0 Å². The first kappa shape index (κ1) is 17.2. The van der Waals surface area contributed by atoms with Gasteiger partial charge in [0.05, 0.1) is 24.5 Å². The van der Waals surface area contributed by atoms with Crippen LogP contribution in [0.3, 0.4) is 0 Å². The molecule has 0 N–H and O–H groups in total. The lowest BCUT2D eigenvalue weighted by Crippen LogP contribution is -2.35. The van der Waals surface area contributed by atoms with Crippen molar-refractivity contribution in [1.82, 2.24) is 0 Å². The second kappa shape index (κ2) is 7.78. The molecule has 21 heavy (non-hydrogen) atoms. The lowest BCUT2D eigenvalue weighted by Gasteiger charge is -2.15. The largest absolute Gasteiger partial charge is 0.466 e. The summed E-state index contributed by atoms with van der Waals surface area (Å²) in [5, 5.41) is -1.60. The van der Waals surface area contributed by atoms with Crippen molar-refractivity contribution in [3.8, 4) is 0 Å². The van der Waals surface area contributed by atoms with Gasteiger partial charge in [0.1, 0.15) is 0 Å². The van der Waals surface area contributed by atoms with Crippen molar-refractivity contribution < 1.29 is 27.5 Å². The summed E-state index contributed by atoms with van der Waals surface area (Å²) in [6.45, 7) is 3.31. The van der Waals surface area contributed by atoms with Crippen LogP contribution in [-0.2, 0) is 28.9 Å². The number of esters is 2. The molecule has 0 radical (unpaired) electrons. The zero-order chi connectivity index (χ0) is 15.9. The maximum atomic E-state index is 12.5. The van der Waals surface area contributed by atoms with Crippen molar-refractivity contribution in [3.05, 3.63) is 30.3 Å². The summed E-state index contributed by atoms with van der Waals surface area (Å²) < 4.78 is 34.4. The zero-order valence-corrected chi connectivity index (χ0v) is 12.8. The van der Waals surface area contributed by atoms with E-state index < -0.39 is 33.4 Å². The van der Waals surface area contributed by atoms with Gasteiger partial charge in [-0.2, -0.15) is 0 Å². The van der Waals surface area contributed by atoms with E-state index in [4.69, 9.17) is 9.47 Å². The first-order valence-electron chi connectivity index (χ1n) is 6.54. The SMILES string of the molecule is CCOC(=O)C[C@H](C(=O)OCC)S(=O)(=O)c1ccccc1. The van der Waals surface area contributed by atoms with E-state index in [0.717, 1.165) is 0 Å². The Hall–Kier alpha value is -1.89. The third-order valence-corrected chi connectivity index (χ3v) is 4.69. The predicted molar refractivity (Wildman–Crippen MR) is 75.3 cm³/mol. The smallest absolute Gasteiger partial charge is 0.325 e. The number of ether oxygens (including phenoxy) is 2. The first-order chi connectivity index (χ1) is 9.93. The van der Waals surface area contributed by atoms with Crippen molar-refractivity contribution in [3.63, 3.8) is 0 Å². The van der Waals surface area contributed by atoms with Gasteiger partial charge in [-0.05, 0) is 26.0 Å². The Labute approximate surface area is 124 Å². The van der Waals surface area contributed by atoms with Crippen LogP contribution in [-0.4, -0.2) is 38.8 Å². The third-order valence-electron chi connectivity index (χ3n) is 2.65. The Bertz CT molecular complexity index is 579. The van der Waals surface area contributed by atoms with Crippen LogP contribution in [0.5, 0.6) is 0 Å². The number of carbonyl (C=O) groups excluding carboxylic acids is 2. The third kappa shape index (κ3) is 4.56. The molecule has 0 aliphatic heterocycles. The average Bonchev–Trinajstić information content (AvgIpc) is 2.46. The summed E-state index contributed by atoms with van der Waals surface area (Å²) in [5.41, 5.74) is 0. The maximum absolute atomic E-state index is 12.5. The van der Waals surface area contributed by atoms with Gasteiger partial charge in [0.15, 0.2) is 15.1 Å². The van der Waals surface area contributed by atoms with Crippen LogP contribution in [0.25, 0.3) is 0 Å². The molecule has 1 atom stereocenters. The topological polar surface area (TPSA) is 86.7 Å². The molecule has 116 valence electrons. The summed E-state index contributed by atoms with van der Waals surface area (Å²) in [5.74, 6) is -1.70. The molecule has 0 bridgehead atoms. The molecule has 0 spiro atoms. The van der Waals surface area contributed by atoms with E-state index in [9.17, 15) is 18.0 Å². The van der Waals surface area contributed by atoms with E-state index in [2.05, 4.69) is 0 Å². The molecule has 1 rings (SSSR count). The molecule has 1 aromatic rings. The number of hydrogen-bond acceptors (Lipinski definition) is 6. The standard InChI is InChI=1S/C14H18O6S/c1-3-19-13(15)10-12(14(16)20-4-2)21(17,18)11-8-6-5-7-9-11/h5-9,12H,3-4,10H2,1-2H3/t12-/m1/s1. The molecular weight excluding hydrogens is 296 g/mol. The molecule has 0 heterocycles. The van der Waals surface area contributed by atoms with Crippen molar-refractivity contribution >= 4 is 21.8 Å². The zero-order valence-electron chi connectivity index (χ0n) is 11.9. The Morgan fingerprint density at radius 1 is 1.05 bits per heavy atom. The van der Waals surface area contributed by atoms with E-state index in [1.165, 1.54) is 12.1 Å². The van der Waals surface area contributed by atoms with Crippen LogP contribution in [0.1, 0.15) is 20.3 Å². The highest BCUT2D eigenvalue weighted by Crippen LogP contribution is 2.20. The molecular formula is C14H18O6S. The van der Waals surface area contributed by atoms with Crippen LogP contribution in [0.2, 0.25) is 0 Å². The summed E-state index contributed by atoms with van der Waals surface area (Å²) in [4.78, 5) is 23.4. The normalized spacial score (nSPS) is 12.5. The van der Waals surface area contributed by atoms with Crippen LogP contribution in [0, 0.1) is 0 Å². The number of hydrogen-bond donors (Lipinski definition) is 0. The first-order valence-corrected chi connectivity index (χ1v) is 8.09. The second-order valence-electron chi connectivity index (χ2n) is 4.11. The fourth-order valence-corrected chi connectivity index (χ4v) is 3.24. The molecule has 0 aromatic heterocycles. The van der Waals surface area contributed by atoms with Crippen LogP contribution < -0.4 is 0 Å². The molecule has 0 saturated carbocycles. The van der Waals surface area contributed by atoms with Gasteiger partial charge in [0.2, 0.25) is 0 Å². The maximum Gasteiger partial charge on any atom is 0.325 e. The van der Waals surface area contributed by atoms with Crippen LogP contribution >= 0.6 is 0 Å². The fourth-order valence-electron chi connectivity index (χ4n) is 1.70. The molecule has 0 fully saturated rings. The molecule has 0 amide bonds. The van der Waals surface area contributed by atoms with Gasteiger partial charge in [-0.3, -0.25) is 9.59 Å². The highest BCUT2D eigenvalue weighted by atomic mass is 32.2. The highest BCUT2D eigenvalue weighted by molar-refractivity contribution is 7.92. The van der Waals surface area contributed by atoms with E-state index in [1.54, 1.807) is 32.0 Å². The summed E-state index contributed by atoms with van der Waals surface area (Å²) in [7, 11) is -4.01. The van der Waals surface area contributed by atoms with E-state index in [0.29, 0.717) is 0 Å². The quantitative estimate of drug-likeness (QED) is 0.706. The fraction of sp³-hybridized carbons (Fsp3) is 0.429. The van der Waals surface area contributed by atoms with Gasteiger partial charge in [0, 0.05) is 0 Å². The van der Waals surface area contributed by atoms with E-state index in [-0.39, 0.29) is 18.1 Å². The minimum Gasteiger partial charge on any atom is -0.466 e. The Morgan fingerprint density at radius 2 is 1.62 bits per heavy atom. The Morgan fingerprint density at radius 3 is 2.14 bits per heavy atom. The Balaban J connectivity index is 3.11. The van der Waals surface area contributed by atoms with Crippen molar-refractivity contribution in [2.24, 2.45) is 0 Å². The van der Waals surface area contributed by atoms with Gasteiger partial charge < -0.3 is 9.47 Å². The minimum absolute atomic E-state index is 0.0302. The lowest BCUT2D eigenvalue weighted by molar-refractivity contribution is -0.149. The molecule has 0 saturated heterocycles. The van der Waals surface area contributed by atoms with Crippen molar-refractivity contribution in [1.29, 1.82) is 0 Å². The second-order valence-corrected chi connectivity index (χ2v) is 6.24. The predicted octanol–water partition coefficient (Wildman–Crippen LogP) is 1.35. The summed E-state index contributed by atoms with van der Waals surface area (Å²) in [6, 6.07) is 7.47. The number of sulfone groups is 1. The monoisotopic (exact) mass is 314 g/mol. The summed E-state index contributed by atoms with van der Waals surface area (Å²) in [6.07, 6.45) is -0.566. The molecule has 0 aliphatic carbocycles. The van der Waals surface area contributed by atoms with Gasteiger partial charge in [-0.1, -0.05) is 18.2 Å². The highest BCUT2D eigenvalue weighted by Gasteiger charge is 2.37. The minimum atomic E-state index is -4.01. The van der Waals surface area contributed by atoms with E-state index in [1.807, 2.05) is 0 Å². The van der Waals surface area contributed by atoms with Gasteiger partial charge in [-0.15, -0.1) is 0 Å². The number of rotatable bonds is 7. The van der Waals surface area contributed by atoms with Gasteiger partial charge >= 0.3 is 11.9 Å². The van der Waals surface area contributed by atoms with Gasteiger partial charge in [-0.25, -0.2) is 8.42 Å². The molecule has 0 unspecified atom stereocenters. The average molecular weight is 314 g/mol. The lowest BCUT2D eigenvalue weighted by atomic mass is 10.3. The Kier molecular flexibility index (Phi) is 6.36. The molecule has 1 aromatic carbocycles. The van der Waals surface area contributed by atoms with Crippen molar-refractivity contribution in [2.45, 2.75) is 30.4 Å². The summed E-state index contributed by atoms with van der Waals surface area (Å²) >= 11 is 0. The van der Waals surface area contributed by atoms with E-state index >= 15 is 0 Å². The number of benzene rings is 1. The van der Waals surface area contributed by atoms with Crippen LogP contribution in [0.4, 0.5) is 0 Å². The number of carbonyl (C=O) groups is 2.